The van der Waals surface area contributed by atoms with E-state index >= 15 is 0 Å². The van der Waals surface area contributed by atoms with Crippen LogP contribution in [-0.2, 0) is 0 Å². The fourth-order valence-electron chi connectivity index (χ4n) is 3.61. The van der Waals surface area contributed by atoms with Crippen LogP contribution in [0.1, 0.15) is 44.3 Å². The van der Waals surface area contributed by atoms with Gasteiger partial charge < -0.3 is 5.11 Å². The van der Waals surface area contributed by atoms with E-state index < -0.39 is 0 Å². The molecule has 0 spiro atoms. The summed E-state index contributed by atoms with van der Waals surface area (Å²) in [5.74, 6) is 0.877. The first-order chi connectivity index (χ1) is 8.24. The average Bonchev–Trinajstić information content (AvgIpc) is 2.88. The van der Waals surface area contributed by atoms with Crippen molar-refractivity contribution in [1.29, 1.82) is 0 Å². The summed E-state index contributed by atoms with van der Waals surface area (Å²) < 4.78 is 0. The van der Waals surface area contributed by atoms with Crippen molar-refractivity contribution in [3.05, 3.63) is 22.4 Å². The van der Waals surface area contributed by atoms with Crippen molar-refractivity contribution in [2.45, 2.75) is 50.8 Å². The molecule has 3 atom stereocenters. The number of aliphatic hydroxyl groups is 1. The molecule has 2 nitrogen and oxygen atoms in total. The number of thiophene rings is 1. The van der Waals surface area contributed by atoms with Gasteiger partial charge in [-0.3, -0.25) is 4.90 Å². The summed E-state index contributed by atoms with van der Waals surface area (Å²) in [7, 11) is 0. The van der Waals surface area contributed by atoms with Crippen LogP contribution >= 0.6 is 11.3 Å². The second-order valence-corrected chi connectivity index (χ2v) is 6.51. The highest BCUT2D eigenvalue weighted by atomic mass is 32.1. The topological polar surface area (TPSA) is 23.5 Å². The molecule has 0 saturated carbocycles. The lowest BCUT2D eigenvalue weighted by molar-refractivity contribution is 0.0479. The summed E-state index contributed by atoms with van der Waals surface area (Å²) in [6, 6.07) is 3.51. The van der Waals surface area contributed by atoms with Crippen LogP contribution in [0.15, 0.2) is 16.8 Å². The van der Waals surface area contributed by atoms with E-state index in [0.717, 1.165) is 30.1 Å². The van der Waals surface area contributed by atoms with Crippen molar-refractivity contribution in [3.8, 4) is 0 Å². The van der Waals surface area contributed by atoms with E-state index in [1.807, 2.05) is 11.4 Å². The van der Waals surface area contributed by atoms with Gasteiger partial charge in [-0.2, -0.15) is 11.3 Å². The number of nitrogens with zero attached hydrogens (tertiary/aromatic N) is 1. The minimum atomic E-state index is -0.294. The van der Waals surface area contributed by atoms with Gasteiger partial charge in [0.2, 0.25) is 0 Å². The highest BCUT2D eigenvalue weighted by Gasteiger charge is 2.39. The van der Waals surface area contributed by atoms with Gasteiger partial charge in [-0.05, 0) is 54.0 Å². The van der Waals surface area contributed by atoms with Gasteiger partial charge in [0.25, 0.3) is 0 Å². The second kappa shape index (κ2) is 4.71. The fraction of sp³-hybridized carbons (Fsp3) is 0.714. The zero-order valence-electron chi connectivity index (χ0n) is 10.4. The molecule has 2 saturated heterocycles. The van der Waals surface area contributed by atoms with E-state index in [2.05, 4.69) is 17.2 Å². The molecular weight excluding hydrogens is 230 g/mol. The first-order valence-corrected chi connectivity index (χ1v) is 7.64. The van der Waals surface area contributed by atoms with Crippen molar-refractivity contribution < 1.29 is 5.11 Å². The largest absolute Gasteiger partial charge is 0.387 e. The minimum absolute atomic E-state index is 0.294. The molecule has 0 radical (unpaired) electrons. The monoisotopic (exact) mass is 251 g/mol. The number of hydrogen-bond acceptors (Lipinski definition) is 3. The zero-order valence-corrected chi connectivity index (χ0v) is 11.2. The molecule has 3 unspecified atom stereocenters. The van der Waals surface area contributed by atoms with Gasteiger partial charge in [0.05, 0.1) is 6.10 Å². The van der Waals surface area contributed by atoms with Crippen molar-refractivity contribution in [2.24, 2.45) is 5.92 Å². The molecule has 2 aliphatic rings. The number of piperidine rings is 1. The molecule has 2 fully saturated rings. The third kappa shape index (κ3) is 2.28. The van der Waals surface area contributed by atoms with Gasteiger partial charge in [0, 0.05) is 18.6 Å². The van der Waals surface area contributed by atoms with Crippen LogP contribution in [0.5, 0.6) is 0 Å². The first-order valence-electron chi connectivity index (χ1n) is 6.70. The molecule has 1 aromatic rings. The van der Waals surface area contributed by atoms with Crippen LogP contribution in [0, 0.1) is 5.92 Å². The Bertz CT molecular complexity index is 350. The molecule has 1 N–H and O–H groups in total. The van der Waals surface area contributed by atoms with Gasteiger partial charge in [-0.15, -0.1) is 0 Å². The summed E-state index contributed by atoms with van der Waals surface area (Å²) in [6.07, 6.45) is 5.04. The van der Waals surface area contributed by atoms with E-state index in [1.54, 1.807) is 11.3 Å². The smallest absolute Gasteiger partial charge is 0.0925 e. The number of hydrogen-bond donors (Lipinski definition) is 1. The maximum Gasteiger partial charge on any atom is 0.0925 e. The summed E-state index contributed by atoms with van der Waals surface area (Å²) >= 11 is 1.67. The summed E-state index contributed by atoms with van der Waals surface area (Å²) in [6.45, 7) is 3.21. The predicted molar refractivity (Wildman–Crippen MR) is 71.2 cm³/mol. The lowest BCUT2D eigenvalue weighted by atomic mass is 9.92. The Morgan fingerprint density at radius 2 is 2.12 bits per heavy atom. The van der Waals surface area contributed by atoms with Gasteiger partial charge in [0.1, 0.15) is 0 Å². The highest BCUT2D eigenvalue weighted by Crippen LogP contribution is 2.39. The maximum atomic E-state index is 10.3. The SMILES string of the molecule is CC1CC2CCC(C1)N2CC(O)c1ccsc1. The summed E-state index contributed by atoms with van der Waals surface area (Å²) in [4.78, 5) is 2.57. The van der Waals surface area contributed by atoms with Crippen molar-refractivity contribution in [1.82, 2.24) is 4.90 Å². The molecule has 3 heteroatoms. The molecule has 2 aliphatic heterocycles. The van der Waals surface area contributed by atoms with Crippen LogP contribution in [0.3, 0.4) is 0 Å². The molecule has 1 aromatic heterocycles. The van der Waals surface area contributed by atoms with E-state index in [0.29, 0.717) is 0 Å². The molecule has 17 heavy (non-hydrogen) atoms. The lowest BCUT2D eigenvalue weighted by Gasteiger charge is -2.38. The Balaban J connectivity index is 1.66. The molecule has 2 bridgehead atoms. The molecule has 0 amide bonds. The Hall–Kier alpha value is -0.380. The normalized spacial score (nSPS) is 35.1. The van der Waals surface area contributed by atoms with Crippen LogP contribution in [-0.4, -0.2) is 28.6 Å². The summed E-state index contributed by atoms with van der Waals surface area (Å²) in [5.41, 5.74) is 1.09. The fourth-order valence-corrected chi connectivity index (χ4v) is 4.32. The van der Waals surface area contributed by atoms with Crippen LogP contribution in [0.4, 0.5) is 0 Å². The number of aliphatic hydroxyl groups excluding tert-OH is 1. The van der Waals surface area contributed by atoms with E-state index in [4.69, 9.17) is 0 Å². The predicted octanol–water partition coefficient (Wildman–Crippen LogP) is 3.04. The van der Waals surface area contributed by atoms with E-state index in [-0.39, 0.29) is 6.10 Å². The molecular formula is C14H21NOS. The minimum Gasteiger partial charge on any atom is -0.387 e. The summed E-state index contributed by atoms with van der Waals surface area (Å²) in [5, 5.41) is 14.4. The maximum absolute atomic E-state index is 10.3. The molecule has 0 aliphatic carbocycles. The zero-order chi connectivity index (χ0) is 11.8. The molecule has 3 rings (SSSR count). The first kappa shape index (κ1) is 11.7. The van der Waals surface area contributed by atoms with Gasteiger partial charge >= 0.3 is 0 Å². The van der Waals surface area contributed by atoms with Crippen LogP contribution < -0.4 is 0 Å². The molecule has 3 heterocycles. The number of fused-ring (bicyclic) bond motifs is 2. The average molecular weight is 251 g/mol. The number of rotatable bonds is 3. The quantitative estimate of drug-likeness (QED) is 0.892. The Morgan fingerprint density at radius 1 is 1.41 bits per heavy atom. The van der Waals surface area contributed by atoms with Crippen LogP contribution in [0.25, 0.3) is 0 Å². The van der Waals surface area contributed by atoms with Gasteiger partial charge in [0.15, 0.2) is 0 Å². The van der Waals surface area contributed by atoms with Gasteiger partial charge in [-0.1, -0.05) is 6.92 Å². The molecule has 0 aromatic carbocycles. The van der Waals surface area contributed by atoms with Crippen molar-refractivity contribution in [3.63, 3.8) is 0 Å². The van der Waals surface area contributed by atoms with Crippen molar-refractivity contribution in [2.75, 3.05) is 6.54 Å². The standard InChI is InChI=1S/C14H21NOS/c1-10-6-12-2-3-13(7-10)15(12)8-14(16)11-4-5-17-9-11/h4-5,9-10,12-14,16H,2-3,6-8H2,1H3. The second-order valence-electron chi connectivity index (χ2n) is 5.73. The lowest BCUT2D eigenvalue weighted by Crippen LogP contribution is -2.44. The Morgan fingerprint density at radius 3 is 2.71 bits per heavy atom. The molecule has 94 valence electrons. The van der Waals surface area contributed by atoms with E-state index in [9.17, 15) is 5.11 Å². The van der Waals surface area contributed by atoms with Crippen molar-refractivity contribution >= 4 is 11.3 Å². The third-order valence-corrected chi connectivity index (χ3v) is 5.13. The Labute approximate surface area is 107 Å². The van der Waals surface area contributed by atoms with Crippen LogP contribution in [0.2, 0.25) is 0 Å². The highest BCUT2D eigenvalue weighted by molar-refractivity contribution is 7.07. The Kier molecular flexibility index (Phi) is 3.24. The van der Waals surface area contributed by atoms with Gasteiger partial charge in [-0.25, -0.2) is 0 Å². The van der Waals surface area contributed by atoms with E-state index in [1.165, 1.54) is 25.7 Å². The third-order valence-electron chi connectivity index (χ3n) is 4.43.